The van der Waals surface area contributed by atoms with Crippen molar-refractivity contribution < 1.29 is 9.53 Å². The fourth-order valence-electron chi connectivity index (χ4n) is 4.41. The number of hydrogen-bond acceptors (Lipinski definition) is 4. The Morgan fingerprint density at radius 2 is 1.77 bits per heavy atom. The van der Waals surface area contributed by atoms with E-state index in [0.717, 1.165) is 36.7 Å². The lowest BCUT2D eigenvalue weighted by molar-refractivity contribution is 0.0643. The minimum absolute atomic E-state index is 0.0348. The summed E-state index contributed by atoms with van der Waals surface area (Å²) in [6.07, 6.45) is 2.09. The van der Waals surface area contributed by atoms with Gasteiger partial charge in [0.2, 0.25) is 0 Å². The van der Waals surface area contributed by atoms with Crippen molar-refractivity contribution >= 4 is 11.7 Å². The summed E-state index contributed by atoms with van der Waals surface area (Å²) in [7, 11) is 0. The van der Waals surface area contributed by atoms with E-state index in [4.69, 9.17) is 9.72 Å². The third-order valence-electron chi connectivity index (χ3n) is 6.09. The lowest BCUT2D eigenvalue weighted by atomic mass is 10.1. The summed E-state index contributed by atoms with van der Waals surface area (Å²) in [6, 6.07) is 18.2. The molecule has 30 heavy (non-hydrogen) atoms. The number of nitrogens with zero attached hydrogens (tertiary/aromatic N) is 4. The first kappa shape index (κ1) is 18.9. The van der Waals surface area contributed by atoms with E-state index in [9.17, 15) is 4.79 Å². The topological polar surface area (TPSA) is 50.6 Å². The minimum atomic E-state index is 0.0348. The molecule has 2 aromatic heterocycles. The van der Waals surface area contributed by atoms with E-state index in [1.807, 2.05) is 47.4 Å². The van der Waals surface area contributed by atoms with Gasteiger partial charge < -0.3 is 19.1 Å². The molecule has 2 aliphatic heterocycles. The molecule has 1 fully saturated rings. The molecule has 0 spiro atoms. The van der Waals surface area contributed by atoms with Crippen molar-refractivity contribution in [3.8, 4) is 11.3 Å². The van der Waals surface area contributed by atoms with Crippen molar-refractivity contribution in [2.75, 3.05) is 37.7 Å². The number of benzene rings is 1. The smallest absolute Gasteiger partial charge is 0.258 e. The van der Waals surface area contributed by atoms with Gasteiger partial charge in [-0.1, -0.05) is 30.3 Å². The maximum absolute atomic E-state index is 13.7. The summed E-state index contributed by atoms with van der Waals surface area (Å²) in [4.78, 5) is 22.8. The van der Waals surface area contributed by atoms with Crippen molar-refractivity contribution in [3.05, 3.63) is 72.1 Å². The Hall–Kier alpha value is -3.12. The van der Waals surface area contributed by atoms with Crippen LogP contribution in [0.3, 0.4) is 0 Å². The average molecular weight is 402 g/mol. The van der Waals surface area contributed by atoms with Crippen LogP contribution in [0.4, 0.5) is 5.82 Å². The highest BCUT2D eigenvalue weighted by atomic mass is 16.5. The zero-order valence-corrected chi connectivity index (χ0v) is 17.2. The lowest BCUT2D eigenvalue weighted by Crippen LogP contribution is -2.42. The molecular formula is C24H26N4O2. The molecule has 1 atom stereocenters. The van der Waals surface area contributed by atoms with E-state index in [1.165, 1.54) is 5.69 Å². The van der Waals surface area contributed by atoms with Gasteiger partial charge in [0.25, 0.3) is 5.91 Å². The summed E-state index contributed by atoms with van der Waals surface area (Å²) in [6.45, 7) is 6.40. The second-order valence-corrected chi connectivity index (χ2v) is 7.83. The second-order valence-electron chi connectivity index (χ2n) is 7.83. The fraction of sp³-hybridized carbons (Fsp3) is 0.333. The highest BCUT2D eigenvalue weighted by Crippen LogP contribution is 2.31. The highest BCUT2D eigenvalue weighted by Gasteiger charge is 2.31. The molecule has 0 N–H and O–H groups in total. The van der Waals surface area contributed by atoms with Crippen molar-refractivity contribution in [1.82, 2.24) is 14.5 Å². The van der Waals surface area contributed by atoms with Crippen LogP contribution in [-0.2, 0) is 11.3 Å². The van der Waals surface area contributed by atoms with E-state index < -0.39 is 0 Å². The maximum Gasteiger partial charge on any atom is 0.258 e. The number of ether oxygens (including phenoxy) is 1. The lowest BCUT2D eigenvalue weighted by Gasteiger charge is -2.36. The number of aromatic nitrogens is 2. The van der Waals surface area contributed by atoms with Gasteiger partial charge in [-0.3, -0.25) is 4.79 Å². The number of pyridine rings is 1. The SMILES string of the molecule is C[C@H]1c2cccn2CCN1C(=O)c1ccc(-c2ccccc2)nc1N1CCOCC1. The van der Waals surface area contributed by atoms with Gasteiger partial charge in [0.15, 0.2) is 0 Å². The van der Waals surface area contributed by atoms with Gasteiger partial charge in [0.05, 0.1) is 30.5 Å². The first-order chi connectivity index (χ1) is 14.7. The van der Waals surface area contributed by atoms with Gasteiger partial charge >= 0.3 is 0 Å². The van der Waals surface area contributed by atoms with E-state index in [0.29, 0.717) is 25.3 Å². The maximum atomic E-state index is 13.7. The van der Waals surface area contributed by atoms with Crippen LogP contribution in [0, 0.1) is 0 Å². The summed E-state index contributed by atoms with van der Waals surface area (Å²) < 4.78 is 7.76. The molecule has 1 saturated heterocycles. The Labute approximate surface area is 176 Å². The quantitative estimate of drug-likeness (QED) is 0.672. The van der Waals surface area contributed by atoms with Gasteiger partial charge in [-0.25, -0.2) is 4.98 Å². The Balaban J connectivity index is 1.53. The Morgan fingerprint density at radius 1 is 0.967 bits per heavy atom. The summed E-state index contributed by atoms with van der Waals surface area (Å²) in [5.74, 6) is 0.807. The Kier molecular flexibility index (Phi) is 5.01. The van der Waals surface area contributed by atoms with Crippen LogP contribution in [0.5, 0.6) is 0 Å². The zero-order chi connectivity index (χ0) is 20.5. The number of rotatable bonds is 3. The van der Waals surface area contributed by atoms with Crippen LogP contribution in [-0.4, -0.2) is 53.2 Å². The van der Waals surface area contributed by atoms with Crippen molar-refractivity contribution in [2.45, 2.75) is 19.5 Å². The van der Waals surface area contributed by atoms with Crippen LogP contribution < -0.4 is 4.90 Å². The second kappa shape index (κ2) is 7.95. The summed E-state index contributed by atoms with van der Waals surface area (Å²) in [5, 5.41) is 0. The van der Waals surface area contributed by atoms with Crippen molar-refractivity contribution in [2.24, 2.45) is 0 Å². The first-order valence-electron chi connectivity index (χ1n) is 10.6. The molecule has 1 aromatic carbocycles. The third-order valence-corrected chi connectivity index (χ3v) is 6.09. The molecule has 4 heterocycles. The number of fused-ring (bicyclic) bond motifs is 1. The zero-order valence-electron chi connectivity index (χ0n) is 17.2. The molecule has 6 heteroatoms. The number of carbonyl (C=O) groups excluding carboxylic acids is 1. The molecule has 0 unspecified atom stereocenters. The number of morpholine rings is 1. The van der Waals surface area contributed by atoms with Gasteiger partial charge in [-0.15, -0.1) is 0 Å². The molecular weight excluding hydrogens is 376 g/mol. The van der Waals surface area contributed by atoms with Crippen LogP contribution in [0.2, 0.25) is 0 Å². The van der Waals surface area contributed by atoms with E-state index >= 15 is 0 Å². The summed E-state index contributed by atoms with van der Waals surface area (Å²) >= 11 is 0. The number of anilines is 1. The largest absolute Gasteiger partial charge is 0.378 e. The predicted molar refractivity (Wildman–Crippen MR) is 117 cm³/mol. The molecule has 0 bridgehead atoms. The van der Waals surface area contributed by atoms with E-state index in [2.05, 4.69) is 34.7 Å². The molecule has 3 aromatic rings. The monoisotopic (exact) mass is 402 g/mol. The van der Waals surface area contributed by atoms with E-state index in [-0.39, 0.29) is 11.9 Å². The molecule has 5 rings (SSSR count). The predicted octanol–water partition coefficient (Wildman–Crippen LogP) is 3.60. The fourth-order valence-corrected chi connectivity index (χ4v) is 4.41. The first-order valence-corrected chi connectivity index (χ1v) is 10.6. The average Bonchev–Trinajstić information content (AvgIpc) is 3.30. The molecule has 6 nitrogen and oxygen atoms in total. The van der Waals surface area contributed by atoms with Crippen LogP contribution in [0.1, 0.15) is 29.0 Å². The molecule has 154 valence electrons. The van der Waals surface area contributed by atoms with Crippen molar-refractivity contribution in [3.63, 3.8) is 0 Å². The van der Waals surface area contributed by atoms with Crippen molar-refractivity contribution in [1.29, 1.82) is 0 Å². The van der Waals surface area contributed by atoms with Crippen LogP contribution in [0.25, 0.3) is 11.3 Å². The number of hydrogen-bond donors (Lipinski definition) is 0. The van der Waals surface area contributed by atoms with Gasteiger partial charge in [0.1, 0.15) is 5.82 Å². The summed E-state index contributed by atoms with van der Waals surface area (Å²) in [5.41, 5.74) is 3.78. The van der Waals surface area contributed by atoms with E-state index in [1.54, 1.807) is 0 Å². The third kappa shape index (κ3) is 3.37. The Morgan fingerprint density at radius 3 is 2.57 bits per heavy atom. The van der Waals surface area contributed by atoms with Crippen LogP contribution >= 0.6 is 0 Å². The van der Waals surface area contributed by atoms with Gasteiger partial charge in [-0.2, -0.15) is 0 Å². The molecule has 0 radical (unpaired) electrons. The minimum Gasteiger partial charge on any atom is -0.378 e. The number of amides is 1. The molecule has 0 aliphatic carbocycles. The van der Waals surface area contributed by atoms with Crippen LogP contribution in [0.15, 0.2) is 60.8 Å². The standard InChI is InChI=1S/C24H26N4O2/c1-18-22-8-5-11-26(22)12-13-28(18)24(29)20-9-10-21(19-6-3-2-4-7-19)25-23(20)27-14-16-30-17-15-27/h2-11,18H,12-17H2,1H3/t18-/m0/s1. The van der Waals surface area contributed by atoms with Gasteiger partial charge in [-0.05, 0) is 31.2 Å². The normalized spacial score (nSPS) is 18.9. The molecule has 1 amide bonds. The highest BCUT2D eigenvalue weighted by molar-refractivity contribution is 5.99. The van der Waals surface area contributed by atoms with Gasteiger partial charge in [0, 0.05) is 43.6 Å². The molecule has 0 saturated carbocycles. The molecule has 2 aliphatic rings. The number of carbonyl (C=O) groups is 1. The Bertz CT molecular complexity index is 1040.